The molecule has 0 spiro atoms. The molecule has 0 radical (unpaired) electrons. The van der Waals surface area contributed by atoms with Crippen molar-refractivity contribution < 1.29 is 18.9 Å². The smallest absolute Gasteiger partial charge is 0.119 e. The van der Waals surface area contributed by atoms with Crippen molar-refractivity contribution in [1.29, 1.82) is 0 Å². The molecule has 2 fully saturated rings. The Balaban J connectivity index is 0.000000570. The summed E-state index contributed by atoms with van der Waals surface area (Å²) in [5.41, 5.74) is 2.32. The van der Waals surface area contributed by atoms with E-state index in [1.807, 2.05) is 52.0 Å². The minimum atomic E-state index is 0.285. The molecule has 2 aromatic carbocycles. The van der Waals surface area contributed by atoms with E-state index in [9.17, 15) is 0 Å². The number of epoxide rings is 2. The topological polar surface area (TPSA) is 43.5 Å². The van der Waals surface area contributed by atoms with Crippen LogP contribution in [0.5, 0.6) is 11.5 Å². The van der Waals surface area contributed by atoms with Crippen LogP contribution in [-0.4, -0.2) is 38.6 Å². The van der Waals surface area contributed by atoms with E-state index in [4.69, 9.17) is 18.9 Å². The third-order valence-corrected chi connectivity index (χ3v) is 3.72. The van der Waals surface area contributed by atoms with Gasteiger partial charge in [-0.15, -0.1) is 0 Å². The summed E-state index contributed by atoms with van der Waals surface area (Å²) in [6.07, 6.45) is 0.571. The quantitative estimate of drug-likeness (QED) is 0.656. The fraction of sp³-hybridized carbons (Fsp3) is 0.455. The highest BCUT2D eigenvalue weighted by Crippen LogP contribution is 2.25. The Bertz CT molecular complexity index is 556. The molecule has 0 bridgehead atoms. The molecule has 2 unspecified atom stereocenters. The highest BCUT2D eigenvalue weighted by molar-refractivity contribution is 5.64. The second-order valence-corrected chi connectivity index (χ2v) is 5.58. The van der Waals surface area contributed by atoms with Gasteiger partial charge in [0, 0.05) is 0 Å². The van der Waals surface area contributed by atoms with Crippen LogP contribution in [0.1, 0.15) is 27.7 Å². The van der Waals surface area contributed by atoms with E-state index in [1.165, 1.54) is 0 Å². The van der Waals surface area contributed by atoms with Gasteiger partial charge in [-0.2, -0.15) is 0 Å². The standard InChI is InChI=1S/C18H18O4.2C2H6/c1-5-15(19-9-17-11-21-17)6-2-13(1)14-3-7-16(8-4-14)20-10-18-12-22-18;2*1-2/h1-8,17-18H,9-12H2;2*1-2H3. The van der Waals surface area contributed by atoms with Crippen LogP contribution in [0.3, 0.4) is 0 Å². The molecular weight excluding hydrogens is 328 g/mol. The van der Waals surface area contributed by atoms with Gasteiger partial charge in [0.05, 0.1) is 13.2 Å². The largest absolute Gasteiger partial charge is 0.491 e. The highest BCUT2D eigenvalue weighted by atomic mass is 16.6. The van der Waals surface area contributed by atoms with E-state index in [-0.39, 0.29) is 12.2 Å². The van der Waals surface area contributed by atoms with Crippen molar-refractivity contribution in [2.45, 2.75) is 39.9 Å². The highest BCUT2D eigenvalue weighted by Gasteiger charge is 2.23. The van der Waals surface area contributed by atoms with E-state index in [0.29, 0.717) is 13.2 Å². The number of ether oxygens (including phenoxy) is 4. The van der Waals surface area contributed by atoms with Gasteiger partial charge in [0.1, 0.15) is 36.9 Å². The zero-order chi connectivity index (χ0) is 18.8. The Hall–Kier alpha value is -2.04. The third-order valence-electron chi connectivity index (χ3n) is 3.72. The summed E-state index contributed by atoms with van der Waals surface area (Å²) >= 11 is 0. The van der Waals surface area contributed by atoms with Gasteiger partial charge in [0.25, 0.3) is 0 Å². The molecule has 2 aliphatic heterocycles. The van der Waals surface area contributed by atoms with Crippen molar-refractivity contribution in [3.05, 3.63) is 48.5 Å². The average Bonchev–Trinajstić information content (AvgIpc) is 3.64. The van der Waals surface area contributed by atoms with Crippen molar-refractivity contribution in [2.75, 3.05) is 26.4 Å². The molecule has 4 heteroatoms. The fourth-order valence-electron chi connectivity index (χ4n) is 2.19. The lowest BCUT2D eigenvalue weighted by molar-refractivity contribution is 0.263. The molecule has 26 heavy (non-hydrogen) atoms. The number of rotatable bonds is 7. The number of benzene rings is 2. The van der Waals surface area contributed by atoms with Crippen molar-refractivity contribution in [2.24, 2.45) is 0 Å². The minimum Gasteiger partial charge on any atom is -0.491 e. The lowest BCUT2D eigenvalue weighted by Crippen LogP contribution is -2.03. The van der Waals surface area contributed by atoms with Crippen LogP contribution < -0.4 is 9.47 Å². The monoisotopic (exact) mass is 358 g/mol. The summed E-state index contributed by atoms with van der Waals surface area (Å²) in [7, 11) is 0. The van der Waals surface area contributed by atoms with Crippen LogP contribution in [0.25, 0.3) is 11.1 Å². The van der Waals surface area contributed by atoms with Gasteiger partial charge < -0.3 is 18.9 Å². The Labute approximate surface area is 157 Å². The van der Waals surface area contributed by atoms with E-state index in [0.717, 1.165) is 35.8 Å². The van der Waals surface area contributed by atoms with Crippen LogP contribution in [-0.2, 0) is 9.47 Å². The van der Waals surface area contributed by atoms with Crippen molar-refractivity contribution in [1.82, 2.24) is 0 Å². The van der Waals surface area contributed by atoms with E-state index < -0.39 is 0 Å². The Morgan fingerprint density at radius 1 is 0.654 bits per heavy atom. The first-order valence-corrected chi connectivity index (χ1v) is 9.56. The van der Waals surface area contributed by atoms with Gasteiger partial charge in [0.2, 0.25) is 0 Å². The minimum absolute atomic E-state index is 0.285. The van der Waals surface area contributed by atoms with Crippen molar-refractivity contribution in [3.8, 4) is 22.6 Å². The molecule has 2 aliphatic rings. The molecule has 0 N–H and O–H groups in total. The molecule has 2 aromatic rings. The van der Waals surface area contributed by atoms with E-state index in [1.54, 1.807) is 0 Å². The zero-order valence-corrected chi connectivity index (χ0v) is 16.2. The summed E-state index contributed by atoms with van der Waals surface area (Å²) in [5, 5.41) is 0. The molecule has 2 heterocycles. The van der Waals surface area contributed by atoms with Gasteiger partial charge in [0.15, 0.2) is 0 Å². The first-order valence-electron chi connectivity index (χ1n) is 9.56. The molecule has 0 aliphatic carbocycles. The Morgan fingerprint density at radius 2 is 0.962 bits per heavy atom. The number of hydrogen-bond donors (Lipinski definition) is 0. The second-order valence-electron chi connectivity index (χ2n) is 5.58. The van der Waals surface area contributed by atoms with Crippen LogP contribution in [0, 0.1) is 0 Å². The molecule has 4 nitrogen and oxygen atoms in total. The fourth-order valence-corrected chi connectivity index (χ4v) is 2.19. The lowest BCUT2D eigenvalue weighted by atomic mass is 10.1. The normalized spacial score (nSPS) is 19.2. The first-order chi connectivity index (χ1) is 12.9. The Kier molecular flexibility index (Phi) is 8.45. The molecule has 2 saturated heterocycles. The third kappa shape index (κ3) is 6.70. The summed E-state index contributed by atoms with van der Waals surface area (Å²) < 4.78 is 21.5. The van der Waals surface area contributed by atoms with Crippen molar-refractivity contribution in [3.63, 3.8) is 0 Å². The SMILES string of the molecule is CC.CC.c1cc(-c2ccc(OCC3CO3)cc2)ccc1OCC1CO1. The number of hydrogen-bond acceptors (Lipinski definition) is 4. The maximum Gasteiger partial charge on any atom is 0.119 e. The summed E-state index contributed by atoms with van der Waals surface area (Å²) in [4.78, 5) is 0. The lowest BCUT2D eigenvalue weighted by Gasteiger charge is -2.08. The first kappa shape index (κ1) is 20.3. The van der Waals surface area contributed by atoms with Crippen LogP contribution in [0.4, 0.5) is 0 Å². The zero-order valence-electron chi connectivity index (χ0n) is 16.2. The predicted octanol–water partition coefficient (Wildman–Crippen LogP) is 4.96. The molecule has 0 amide bonds. The second kappa shape index (κ2) is 10.8. The molecule has 142 valence electrons. The van der Waals surface area contributed by atoms with Crippen LogP contribution in [0.15, 0.2) is 48.5 Å². The van der Waals surface area contributed by atoms with Gasteiger partial charge in [-0.25, -0.2) is 0 Å². The van der Waals surface area contributed by atoms with E-state index in [2.05, 4.69) is 24.3 Å². The predicted molar refractivity (Wildman–Crippen MR) is 105 cm³/mol. The van der Waals surface area contributed by atoms with Crippen molar-refractivity contribution >= 4 is 0 Å². The molecule has 4 rings (SSSR count). The van der Waals surface area contributed by atoms with E-state index >= 15 is 0 Å². The summed E-state index contributed by atoms with van der Waals surface area (Å²) in [6, 6.07) is 16.2. The molecule has 2 atom stereocenters. The molecular formula is C22H30O4. The summed E-state index contributed by atoms with van der Waals surface area (Å²) in [5.74, 6) is 1.76. The Morgan fingerprint density at radius 3 is 1.23 bits per heavy atom. The van der Waals surface area contributed by atoms with Gasteiger partial charge >= 0.3 is 0 Å². The maximum absolute atomic E-state index is 5.64. The van der Waals surface area contributed by atoms with Crippen LogP contribution >= 0.6 is 0 Å². The van der Waals surface area contributed by atoms with Gasteiger partial charge in [-0.3, -0.25) is 0 Å². The van der Waals surface area contributed by atoms with Gasteiger partial charge in [-0.05, 0) is 35.4 Å². The van der Waals surface area contributed by atoms with Crippen LogP contribution in [0.2, 0.25) is 0 Å². The van der Waals surface area contributed by atoms with Gasteiger partial charge in [-0.1, -0.05) is 52.0 Å². The average molecular weight is 358 g/mol. The molecule has 0 saturated carbocycles. The molecule has 0 aromatic heterocycles. The maximum atomic E-state index is 5.64. The summed E-state index contributed by atoms with van der Waals surface area (Å²) in [6.45, 7) is 10.9.